The third-order valence-corrected chi connectivity index (χ3v) is 2.02. The molecule has 0 aliphatic carbocycles. The van der Waals surface area contributed by atoms with Crippen LogP contribution in [0.3, 0.4) is 0 Å². The van der Waals surface area contributed by atoms with E-state index in [0.717, 1.165) is 0 Å². The molecule has 0 saturated carbocycles. The molecular formula is C6H10N2O2. The average molecular weight is 142 g/mol. The van der Waals surface area contributed by atoms with Crippen molar-refractivity contribution in [3.05, 3.63) is 0 Å². The molecule has 1 aliphatic rings. The Balaban J connectivity index is 2.96. The first-order valence-corrected chi connectivity index (χ1v) is 3.10. The minimum atomic E-state index is -1.02. The van der Waals surface area contributed by atoms with E-state index >= 15 is 0 Å². The fourth-order valence-corrected chi connectivity index (χ4v) is 0.824. The van der Waals surface area contributed by atoms with Crippen molar-refractivity contribution in [2.75, 3.05) is 0 Å². The molecule has 0 spiro atoms. The number of hydrogen-bond donors (Lipinski definition) is 2. The van der Waals surface area contributed by atoms with E-state index in [1.165, 1.54) is 0 Å². The first kappa shape index (κ1) is 7.21. The second-order valence-electron chi connectivity index (χ2n) is 2.82. The largest absolute Gasteiger partial charge is 0.317 e. The van der Waals surface area contributed by atoms with Crippen LogP contribution in [0.1, 0.15) is 13.8 Å². The van der Waals surface area contributed by atoms with Crippen LogP contribution < -0.4 is 11.1 Å². The molecule has 0 aromatic rings. The highest BCUT2D eigenvalue weighted by Gasteiger charge is 2.46. The Labute approximate surface area is 58.8 Å². The van der Waals surface area contributed by atoms with Gasteiger partial charge in [0, 0.05) is 0 Å². The number of amides is 2. The van der Waals surface area contributed by atoms with Gasteiger partial charge in [0.15, 0.2) is 0 Å². The summed E-state index contributed by atoms with van der Waals surface area (Å²) in [6.07, 6.45) is 0. The predicted octanol–water partition coefficient (Wildman–Crippen LogP) is -1.00. The molecular weight excluding hydrogens is 132 g/mol. The fourth-order valence-electron chi connectivity index (χ4n) is 0.824. The second-order valence-corrected chi connectivity index (χ2v) is 2.82. The van der Waals surface area contributed by atoms with Crippen molar-refractivity contribution in [3.63, 3.8) is 0 Å². The van der Waals surface area contributed by atoms with Crippen LogP contribution in [0.25, 0.3) is 0 Å². The van der Waals surface area contributed by atoms with Crippen molar-refractivity contribution in [2.24, 2.45) is 11.7 Å². The van der Waals surface area contributed by atoms with Crippen molar-refractivity contribution >= 4 is 11.8 Å². The van der Waals surface area contributed by atoms with Gasteiger partial charge in [-0.3, -0.25) is 14.9 Å². The van der Waals surface area contributed by atoms with Crippen LogP contribution in [0.2, 0.25) is 0 Å². The molecule has 0 radical (unpaired) electrons. The smallest absolute Gasteiger partial charge is 0.247 e. The summed E-state index contributed by atoms with van der Waals surface area (Å²) in [4.78, 5) is 21.6. The van der Waals surface area contributed by atoms with Crippen LogP contribution in [0.4, 0.5) is 0 Å². The number of carbonyl (C=O) groups is 2. The standard InChI is InChI=1S/C6H10N2O2/c1-3-4(9)8-5(10)6(3,2)7/h3H,7H2,1-2H3,(H,8,9,10). The average Bonchev–Trinajstić information content (AvgIpc) is 1.97. The van der Waals surface area contributed by atoms with Gasteiger partial charge in [-0.15, -0.1) is 0 Å². The van der Waals surface area contributed by atoms with E-state index < -0.39 is 11.5 Å². The molecule has 4 heteroatoms. The molecule has 0 aromatic heterocycles. The predicted molar refractivity (Wildman–Crippen MR) is 34.9 cm³/mol. The summed E-state index contributed by atoms with van der Waals surface area (Å²) in [5.41, 5.74) is 4.51. The van der Waals surface area contributed by atoms with Gasteiger partial charge in [0.2, 0.25) is 11.8 Å². The Hall–Kier alpha value is -0.900. The molecule has 2 unspecified atom stereocenters. The zero-order valence-electron chi connectivity index (χ0n) is 5.97. The zero-order chi connectivity index (χ0) is 7.94. The summed E-state index contributed by atoms with van der Waals surface area (Å²) in [6.45, 7) is 3.19. The van der Waals surface area contributed by atoms with E-state index in [1.54, 1.807) is 13.8 Å². The molecule has 0 bridgehead atoms. The first-order chi connectivity index (χ1) is 4.46. The van der Waals surface area contributed by atoms with Crippen LogP contribution in [-0.2, 0) is 9.59 Å². The van der Waals surface area contributed by atoms with E-state index in [9.17, 15) is 9.59 Å². The van der Waals surface area contributed by atoms with Gasteiger partial charge in [-0.05, 0) is 6.92 Å². The highest BCUT2D eigenvalue weighted by Crippen LogP contribution is 2.19. The lowest BCUT2D eigenvalue weighted by Gasteiger charge is -2.16. The van der Waals surface area contributed by atoms with Gasteiger partial charge in [-0.2, -0.15) is 0 Å². The maximum absolute atomic E-state index is 10.9. The molecule has 56 valence electrons. The minimum Gasteiger partial charge on any atom is -0.317 e. The molecule has 1 rings (SSSR count). The normalized spacial score (nSPS) is 40.1. The summed E-state index contributed by atoms with van der Waals surface area (Å²) in [5.74, 6) is -1.08. The fraction of sp³-hybridized carbons (Fsp3) is 0.667. The number of rotatable bonds is 0. The number of imide groups is 1. The SMILES string of the molecule is CC1C(=O)NC(=O)C1(C)N. The summed E-state index contributed by atoms with van der Waals surface area (Å²) in [7, 11) is 0. The number of nitrogens with one attached hydrogen (secondary N) is 1. The lowest BCUT2D eigenvalue weighted by molar-refractivity contribution is -0.126. The maximum Gasteiger partial charge on any atom is 0.247 e. The number of carbonyl (C=O) groups excluding carboxylic acids is 2. The number of nitrogens with two attached hydrogens (primary N) is 1. The highest BCUT2D eigenvalue weighted by molar-refractivity contribution is 6.09. The molecule has 10 heavy (non-hydrogen) atoms. The Morgan fingerprint density at radius 1 is 1.60 bits per heavy atom. The molecule has 3 N–H and O–H groups in total. The van der Waals surface area contributed by atoms with Gasteiger partial charge >= 0.3 is 0 Å². The number of hydrogen-bond acceptors (Lipinski definition) is 3. The Kier molecular flexibility index (Phi) is 1.29. The van der Waals surface area contributed by atoms with E-state index in [0.29, 0.717) is 0 Å². The monoisotopic (exact) mass is 142 g/mol. The van der Waals surface area contributed by atoms with Crippen LogP contribution in [0.15, 0.2) is 0 Å². The van der Waals surface area contributed by atoms with Crippen LogP contribution in [-0.4, -0.2) is 17.4 Å². The van der Waals surface area contributed by atoms with Gasteiger partial charge in [-0.1, -0.05) is 6.92 Å². The molecule has 0 aromatic carbocycles. The van der Waals surface area contributed by atoms with Gasteiger partial charge in [-0.25, -0.2) is 0 Å². The van der Waals surface area contributed by atoms with Crippen molar-refractivity contribution in [1.82, 2.24) is 5.32 Å². The summed E-state index contributed by atoms with van der Waals surface area (Å²) in [5, 5.41) is 2.15. The highest BCUT2D eigenvalue weighted by atomic mass is 16.2. The second kappa shape index (κ2) is 1.79. The van der Waals surface area contributed by atoms with Gasteiger partial charge in [0.1, 0.15) is 5.54 Å². The van der Waals surface area contributed by atoms with Crippen LogP contribution in [0, 0.1) is 5.92 Å². The minimum absolute atomic E-state index is 0.282. The summed E-state index contributed by atoms with van der Waals surface area (Å²) < 4.78 is 0. The van der Waals surface area contributed by atoms with E-state index in [-0.39, 0.29) is 11.8 Å². The molecule has 1 heterocycles. The third kappa shape index (κ3) is 0.724. The Morgan fingerprint density at radius 2 is 2.10 bits per heavy atom. The summed E-state index contributed by atoms with van der Waals surface area (Å²) >= 11 is 0. The third-order valence-electron chi connectivity index (χ3n) is 2.02. The molecule has 1 aliphatic heterocycles. The van der Waals surface area contributed by atoms with E-state index in [1.807, 2.05) is 0 Å². The lowest BCUT2D eigenvalue weighted by atomic mass is 9.91. The molecule has 4 nitrogen and oxygen atoms in total. The molecule has 2 amide bonds. The van der Waals surface area contributed by atoms with Crippen molar-refractivity contribution < 1.29 is 9.59 Å². The van der Waals surface area contributed by atoms with Gasteiger partial charge in [0.25, 0.3) is 0 Å². The quantitative estimate of drug-likeness (QED) is 0.426. The van der Waals surface area contributed by atoms with Crippen LogP contribution >= 0.6 is 0 Å². The van der Waals surface area contributed by atoms with Gasteiger partial charge < -0.3 is 5.73 Å². The van der Waals surface area contributed by atoms with Gasteiger partial charge in [0.05, 0.1) is 5.92 Å². The topological polar surface area (TPSA) is 72.2 Å². The Morgan fingerprint density at radius 3 is 2.20 bits per heavy atom. The van der Waals surface area contributed by atoms with Crippen LogP contribution in [0.5, 0.6) is 0 Å². The molecule has 1 saturated heterocycles. The van der Waals surface area contributed by atoms with Crippen molar-refractivity contribution in [2.45, 2.75) is 19.4 Å². The Bertz CT molecular complexity index is 198. The zero-order valence-corrected chi connectivity index (χ0v) is 5.97. The maximum atomic E-state index is 10.9. The lowest BCUT2D eigenvalue weighted by Crippen LogP contribution is -2.47. The van der Waals surface area contributed by atoms with Crippen molar-refractivity contribution in [1.29, 1.82) is 0 Å². The summed E-state index contributed by atoms with van der Waals surface area (Å²) in [6, 6.07) is 0. The molecule has 2 atom stereocenters. The first-order valence-electron chi connectivity index (χ1n) is 3.10. The molecule has 1 fully saturated rings. The van der Waals surface area contributed by atoms with E-state index in [4.69, 9.17) is 5.73 Å². The van der Waals surface area contributed by atoms with E-state index in [2.05, 4.69) is 5.32 Å². The van der Waals surface area contributed by atoms with Crippen molar-refractivity contribution in [3.8, 4) is 0 Å².